The zero-order chi connectivity index (χ0) is 14.0. The molecule has 0 bridgehead atoms. The highest BCUT2D eigenvalue weighted by Crippen LogP contribution is 2.26. The van der Waals surface area contributed by atoms with Gasteiger partial charge in [-0.1, -0.05) is 11.6 Å². The van der Waals surface area contributed by atoms with Crippen LogP contribution in [-0.2, 0) is 0 Å². The Kier molecular flexibility index (Phi) is 3.66. The number of carbonyl (C=O) groups excluding carboxylic acids is 1. The van der Waals surface area contributed by atoms with Gasteiger partial charge in [0.05, 0.1) is 5.02 Å². The van der Waals surface area contributed by atoms with Gasteiger partial charge in [-0.3, -0.25) is 4.79 Å². The zero-order valence-corrected chi connectivity index (χ0v) is 10.2. The van der Waals surface area contributed by atoms with Crippen LogP contribution < -0.4 is 5.32 Å². The molecule has 0 aliphatic heterocycles. The molecule has 0 unspecified atom stereocenters. The summed E-state index contributed by atoms with van der Waals surface area (Å²) in [6.45, 7) is 0. The molecule has 0 aliphatic carbocycles. The lowest BCUT2D eigenvalue weighted by atomic mass is 10.2. The molecular formula is C13H8ClF2NO2. The number of rotatable bonds is 2. The molecule has 2 aromatic rings. The molecule has 2 N–H and O–H groups in total. The maximum absolute atomic E-state index is 13.0. The largest absolute Gasteiger partial charge is 0.506 e. The predicted octanol–water partition coefficient (Wildman–Crippen LogP) is 3.58. The third-order valence-electron chi connectivity index (χ3n) is 2.33. The molecule has 0 saturated heterocycles. The van der Waals surface area contributed by atoms with Crippen LogP contribution in [0.15, 0.2) is 36.4 Å². The molecule has 0 atom stereocenters. The Labute approximate surface area is 112 Å². The van der Waals surface area contributed by atoms with Gasteiger partial charge in [0.1, 0.15) is 17.4 Å². The monoisotopic (exact) mass is 283 g/mol. The van der Waals surface area contributed by atoms with Crippen molar-refractivity contribution < 1.29 is 18.7 Å². The number of halogens is 3. The summed E-state index contributed by atoms with van der Waals surface area (Å²) in [6, 6.07) is 6.54. The Morgan fingerprint density at radius 1 is 1.11 bits per heavy atom. The Morgan fingerprint density at radius 3 is 2.32 bits per heavy atom. The van der Waals surface area contributed by atoms with Crippen LogP contribution in [0.25, 0.3) is 0 Å². The second kappa shape index (κ2) is 5.24. The summed E-state index contributed by atoms with van der Waals surface area (Å²) in [5.74, 6) is -2.49. The minimum Gasteiger partial charge on any atom is -0.506 e. The lowest BCUT2D eigenvalue weighted by molar-refractivity contribution is 0.102. The molecule has 98 valence electrons. The van der Waals surface area contributed by atoms with Crippen molar-refractivity contribution in [2.75, 3.05) is 5.32 Å². The fourth-order valence-corrected chi connectivity index (χ4v) is 1.65. The molecule has 0 aromatic heterocycles. The fourth-order valence-electron chi connectivity index (χ4n) is 1.47. The smallest absolute Gasteiger partial charge is 0.255 e. The van der Waals surface area contributed by atoms with Crippen LogP contribution in [0.5, 0.6) is 5.75 Å². The minimum absolute atomic E-state index is 0.0585. The molecule has 0 radical (unpaired) electrons. The fraction of sp³-hybridized carbons (Fsp3) is 0. The number of carbonyl (C=O) groups is 1. The van der Waals surface area contributed by atoms with E-state index < -0.39 is 17.5 Å². The molecule has 19 heavy (non-hydrogen) atoms. The highest BCUT2D eigenvalue weighted by atomic mass is 35.5. The molecular weight excluding hydrogens is 276 g/mol. The first-order chi connectivity index (χ1) is 8.95. The van der Waals surface area contributed by atoms with Gasteiger partial charge in [-0.05, 0) is 30.3 Å². The molecule has 3 nitrogen and oxygen atoms in total. The molecule has 6 heteroatoms. The SMILES string of the molecule is O=C(Nc1ccc(O)c(Cl)c1)c1cc(F)cc(F)c1. The van der Waals surface area contributed by atoms with Crippen LogP contribution in [0.3, 0.4) is 0 Å². The predicted molar refractivity (Wildman–Crippen MR) is 67.4 cm³/mol. The van der Waals surface area contributed by atoms with Crippen LogP contribution in [0.1, 0.15) is 10.4 Å². The number of phenols is 1. The molecule has 0 heterocycles. The third kappa shape index (κ3) is 3.20. The van der Waals surface area contributed by atoms with Crippen LogP contribution >= 0.6 is 11.6 Å². The molecule has 0 spiro atoms. The van der Waals surface area contributed by atoms with Gasteiger partial charge in [0.15, 0.2) is 0 Å². The zero-order valence-electron chi connectivity index (χ0n) is 9.45. The van der Waals surface area contributed by atoms with Crippen molar-refractivity contribution in [3.8, 4) is 5.75 Å². The molecule has 2 rings (SSSR count). The Morgan fingerprint density at radius 2 is 1.74 bits per heavy atom. The molecule has 0 fully saturated rings. The first-order valence-corrected chi connectivity index (χ1v) is 5.59. The Balaban J connectivity index is 2.22. The van der Waals surface area contributed by atoms with Gasteiger partial charge in [-0.25, -0.2) is 8.78 Å². The molecule has 2 aromatic carbocycles. The van der Waals surface area contributed by atoms with Crippen LogP contribution in [0.4, 0.5) is 14.5 Å². The van der Waals surface area contributed by atoms with Gasteiger partial charge in [0, 0.05) is 17.3 Å². The summed E-state index contributed by atoms with van der Waals surface area (Å²) in [5.41, 5.74) is 0.152. The first kappa shape index (κ1) is 13.3. The van der Waals surface area contributed by atoms with E-state index in [4.69, 9.17) is 11.6 Å². The average Bonchev–Trinajstić information content (AvgIpc) is 2.32. The lowest BCUT2D eigenvalue weighted by Crippen LogP contribution is -2.12. The highest BCUT2D eigenvalue weighted by Gasteiger charge is 2.10. The van der Waals surface area contributed by atoms with E-state index in [1.54, 1.807) is 0 Å². The van der Waals surface area contributed by atoms with Crippen molar-refractivity contribution in [1.82, 2.24) is 0 Å². The van der Waals surface area contributed by atoms with Gasteiger partial charge >= 0.3 is 0 Å². The number of hydrogen-bond acceptors (Lipinski definition) is 2. The molecule has 0 aliphatic rings. The number of benzene rings is 2. The second-order valence-electron chi connectivity index (χ2n) is 3.78. The summed E-state index contributed by atoms with van der Waals surface area (Å²) >= 11 is 5.67. The number of aromatic hydroxyl groups is 1. The molecule has 0 saturated carbocycles. The summed E-state index contributed by atoms with van der Waals surface area (Å²) in [5, 5.41) is 11.7. The van der Waals surface area contributed by atoms with E-state index in [1.165, 1.54) is 18.2 Å². The van der Waals surface area contributed by atoms with E-state index in [9.17, 15) is 18.7 Å². The number of amides is 1. The van der Waals surface area contributed by atoms with E-state index in [1.807, 2.05) is 0 Å². The number of phenolic OH excluding ortho intramolecular Hbond substituents is 1. The summed E-state index contributed by atoms with van der Waals surface area (Å²) < 4.78 is 25.9. The Hall–Kier alpha value is -2.14. The van der Waals surface area contributed by atoms with Crippen LogP contribution in [-0.4, -0.2) is 11.0 Å². The minimum atomic E-state index is -0.839. The van der Waals surface area contributed by atoms with Crippen molar-refractivity contribution in [3.63, 3.8) is 0 Å². The van der Waals surface area contributed by atoms with Crippen molar-refractivity contribution in [1.29, 1.82) is 0 Å². The first-order valence-electron chi connectivity index (χ1n) is 5.21. The Bertz CT molecular complexity index is 626. The normalized spacial score (nSPS) is 10.3. The third-order valence-corrected chi connectivity index (χ3v) is 2.63. The van der Waals surface area contributed by atoms with Crippen molar-refractivity contribution in [2.45, 2.75) is 0 Å². The average molecular weight is 284 g/mol. The topological polar surface area (TPSA) is 49.3 Å². The molecule has 1 amide bonds. The van der Waals surface area contributed by atoms with E-state index >= 15 is 0 Å². The summed E-state index contributed by atoms with van der Waals surface area (Å²) in [6.07, 6.45) is 0. The van der Waals surface area contributed by atoms with Crippen molar-refractivity contribution in [3.05, 3.63) is 58.6 Å². The van der Waals surface area contributed by atoms with E-state index in [2.05, 4.69) is 5.32 Å². The van der Waals surface area contributed by atoms with Gasteiger partial charge in [0.25, 0.3) is 5.91 Å². The standard InChI is InChI=1S/C13H8ClF2NO2/c14-11-6-10(1-2-12(11)18)17-13(19)7-3-8(15)5-9(16)4-7/h1-6,18H,(H,17,19). The van der Waals surface area contributed by atoms with Gasteiger partial charge in [-0.15, -0.1) is 0 Å². The van der Waals surface area contributed by atoms with Gasteiger partial charge in [0.2, 0.25) is 0 Å². The van der Waals surface area contributed by atoms with Crippen LogP contribution in [0, 0.1) is 11.6 Å². The van der Waals surface area contributed by atoms with Crippen molar-refractivity contribution in [2.24, 2.45) is 0 Å². The van der Waals surface area contributed by atoms with Crippen LogP contribution in [0.2, 0.25) is 5.02 Å². The van der Waals surface area contributed by atoms with E-state index in [-0.39, 0.29) is 16.3 Å². The van der Waals surface area contributed by atoms with Gasteiger partial charge < -0.3 is 10.4 Å². The number of nitrogens with one attached hydrogen (secondary N) is 1. The summed E-state index contributed by atoms with van der Waals surface area (Å²) in [4.78, 5) is 11.8. The maximum Gasteiger partial charge on any atom is 0.255 e. The number of hydrogen-bond donors (Lipinski definition) is 2. The summed E-state index contributed by atoms with van der Waals surface area (Å²) in [7, 11) is 0. The highest BCUT2D eigenvalue weighted by molar-refractivity contribution is 6.32. The second-order valence-corrected chi connectivity index (χ2v) is 4.19. The quantitative estimate of drug-likeness (QED) is 0.828. The van der Waals surface area contributed by atoms with E-state index in [0.29, 0.717) is 11.8 Å². The lowest BCUT2D eigenvalue weighted by Gasteiger charge is -2.06. The number of anilines is 1. The van der Waals surface area contributed by atoms with Gasteiger partial charge in [-0.2, -0.15) is 0 Å². The maximum atomic E-state index is 13.0. The van der Waals surface area contributed by atoms with E-state index in [0.717, 1.165) is 12.1 Å². The van der Waals surface area contributed by atoms with Crippen molar-refractivity contribution >= 4 is 23.2 Å².